The highest BCUT2D eigenvalue weighted by molar-refractivity contribution is 5.43. The van der Waals surface area contributed by atoms with Crippen molar-refractivity contribution in [1.82, 2.24) is 0 Å². The first kappa shape index (κ1) is 32.0. The van der Waals surface area contributed by atoms with Gasteiger partial charge in [-0.1, -0.05) is 74.5 Å². The van der Waals surface area contributed by atoms with Crippen LogP contribution in [0.2, 0.25) is 0 Å². The van der Waals surface area contributed by atoms with E-state index in [1.54, 1.807) is 28.4 Å². The summed E-state index contributed by atoms with van der Waals surface area (Å²) in [5.74, 6) is 3.76. The molecule has 0 bridgehead atoms. The van der Waals surface area contributed by atoms with Gasteiger partial charge in [0.15, 0.2) is 0 Å². The van der Waals surface area contributed by atoms with Crippen LogP contribution in [0.4, 0.5) is 0 Å². The van der Waals surface area contributed by atoms with E-state index in [1.807, 2.05) is 24.3 Å². The molecule has 0 heterocycles. The molecular formula is C38H46O5. The second kappa shape index (κ2) is 16.0. The van der Waals surface area contributed by atoms with Gasteiger partial charge in [0.2, 0.25) is 0 Å². The second-order valence-electron chi connectivity index (χ2n) is 11.2. The molecule has 4 atom stereocenters. The van der Waals surface area contributed by atoms with Crippen molar-refractivity contribution in [2.24, 2.45) is 0 Å². The van der Waals surface area contributed by atoms with Crippen LogP contribution in [0.25, 0.3) is 0 Å². The molecule has 0 fully saturated rings. The van der Waals surface area contributed by atoms with Crippen LogP contribution in [0.3, 0.4) is 0 Å². The van der Waals surface area contributed by atoms with E-state index < -0.39 is 0 Å². The Bertz CT molecular complexity index is 1280. The van der Waals surface area contributed by atoms with Gasteiger partial charge in [-0.15, -0.1) is 0 Å². The van der Waals surface area contributed by atoms with Crippen LogP contribution in [-0.4, -0.2) is 40.6 Å². The molecule has 4 aromatic rings. The highest BCUT2D eigenvalue weighted by Gasteiger charge is 2.25. The monoisotopic (exact) mass is 582 g/mol. The quantitative estimate of drug-likeness (QED) is 0.132. The second-order valence-corrected chi connectivity index (χ2v) is 11.2. The first-order valence-corrected chi connectivity index (χ1v) is 15.1. The average Bonchev–Trinajstić information content (AvgIpc) is 3.04. The van der Waals surface area contributed by atoms with E-state index in [0.29, 0.717) is 0 Å². The smallest absolute Gasteiger partial charge is 0.122 e. The van der Waals surface area contributed by atoms with Crippen LogP contribution in [0.15, 0.2) is 97.1 Å². The van der Waals surface area contributed by atoms with Gasteiger partial charge >= 0.3 is 0 Å². The molecule has 5 nitrogen and oxygen atoms in total. The maximum atomic E-state index is 7.16. The Morgan fingerprint density at radius 3 is 1.23 bits per heavy atom. The molecule has 4 aromatic carbocycles. The minimum Gasteiger partial charge on any atom is -0.497 e. The Hall–Kier alpha value is -3.96. The van der Waals surface area contributed by atoms with Gasteiger partial charge in [0, 0.05) is 11.1 Å². The SMILES string of the molecule is COc1ccc(OC)c(C(C)CC(Cc2ccccc2)OC(Cc2ccccc2)CC(C)c2cc(OC)ccc2OC)c1. The van der Waals surface area contributed by atoms with E-state index in [2.05, 4.69) is 86.6 Å². The number of hydrogen-bond donors (Lipinski definition) is 0. The van der Waals surface area contributed by atoms with Gasteiger partial charge in [0.05, 0.1) is 40.6 Å². The highest BCUT2D eigenvalue weighted by atomic mass is 16.5. The first-order valence-electron chi connectivity index (χ1n) is 15.1. The molecule has 5 heteroatoms. The normalized spacial score (nSPS) is 13.9. The first-order chi connectivity index (χ1) is 20.9. The Morgan fingerprint density at radius 1 is 0.488 bits per heavy atom. The molecule has 4 unspecified atom stereocenters. The zero-order valence-electron chi connectivity index (χ0n) is 26.4. The lowest BCUT2D eigenvalue weighted by atomic mass is 9.89. The van der Waals surface area contributed by atoms with E-state index in [9.17, 15) is 0 Å². The van der Waals surface area contributed by atoms with Crippen LogP contribution < -0.4 is 18.9 Å². The van der Waals surface area contributed by atoms with Gasteiger partial charge in [0.1, 0.15) is 23.0 Å². The molecule has 0 saturated carbocycles. The molecule has 228 valence electrons. The molecule has 0 aromatic heterocycles. The Labute approximate surface area is 257 Å². The minimum absolute atomic E-state index is 0.0126. The lowest BCUT2D eigenvalue weighted by molar-refractivity contribution is -0.0247. The molecule has 0 N–H and O–H groups in total. The van der Waals surface area contributed by atoms with Crippen molar-refractivity contribution in [3.8, 4) is 23.0 Å². The van der Waals surface area contributed by atoms with E-state index in [1.165, 1.54) is 11.1 Å². The van der Waals surface area contributed by atoms with E-state index >= 15 is 0 Å². The van der Waals surface area contributed by atoms with Gasteiger partial charge in [-0.05, 0) is 85.0 Å². The van der Waals surface area contributed by atoms with Crippen molar-refractivity contribution >= 4 is 0 Å². The summed E-state index contributed by atoms with van der Waals surface area (Å²) in [7, 11) is 6.84. The number of hydrogen-bond acceptors (Lipinski definition) is 5. The van der Waals surface area contributed by atoms with Crippen molar-refractivity contribution in [3.63, 3.8) is 0 Å². The number of methoxy groups -OCH3 is 4. The lowest BCUT2D eigenvalue weighted by Gasteiger charge is -2.30. The third-order valence-electron chi connectivity index (χ3n) is 8.17. The van der Waals surface area contributed by atoms with Gasteiger partial charge < -0.3 is 23.7 Å². The van der Waals surface area contributed by atoms with Crippen molar-refractivity contribution in [2.75, 3.05) is 28.4 Å². The maximum Gasteiger partial charge on any atom is 0.122 e. The topological polar surface area (TPSA) is 46.2 Å². The fourth-order valence-corrected chi connectivity index (χ4v) is 5.89. The summed E-state index contributed by atoms with van der Waals surface area (Å²) >= 11 is 0. The Morgan fingerprint density at radius 2 is 0.884 bits per heavy atom. The Balaban J connectivity index is 1.64. The summed E-state index contributed by atoms with van der Waals surface area (Å²) in [5, 5.41) is 0. The molecule has 43 heavy (non-hydrogen) atoms. The van der Waals surface area contributed by atoms with E-state index in [-0.39, 0.29) is 24.0 Å². The van der Waals surface area contributed by atoms with E-state index in [4.69, 9.17) is 23.7 Å². The Kier molecular flexibility index (Phi) is 11.9. The van der Waals surface area contributed by atoms with Crippen molar-refractivity contribution in [2.45, 2.75) is 63.6 Å². The summed E-state index contributed by atoms with van der Waals surface area (Å²) in [6.45, 7) is 4.49. The zero-order chi connectivity index (χ0) is 30.6. The molecule has 0 aliphatic carbocycles. The summed E-state index contributed by atoms with van der Waals surface area (Å²) in [5.41, 5.74) is 4.77. The van der Waals surface area contributed by atoms with Crippen molar-refractivity contribution < 1.29 is 23.7 Å². The standard InChI is InChI=1S/C38H46O5/c1-27(35-25-31(39-3)17-19-37(35)41-5)21-33(23-29-13-9-7-10-14-29)43-34(24-30-15-11-8-12-16-30)22-28(2)36-26-32(40-4)18-20-38(36)42-6/h7-20,25-28,33-34H,21-24H2,1-6H3. The number of rotatable bonds is 16. The predicted molar refractivity (Wildman–Crippen MR) is 174 cm³/mol. The van der Waals surface area contributed by atoms with Gasteiger partial charge in [-0.25, -0.2) is 0 Å². The molecule has 0 aliphatic rings. The fourth-order valence-electron chi connectivity index (χ4n) is 5.89. The lowest BCUT2D eigenvalue weighted by Crippen LogP contribution is -2.28. The molecule has 0 saturated heterocycles. The number of ether oxygens (including phenoxy) is 5. The third-order valence-corrected chi connectivity index (χ3v) is 8.17. The number of benzene rings is 4. The summed E-state index contributed by atoms with van der Waals surface area (Å²) in [6, 6.07) is 33.3. The largest absolute Gasteiger partial charge is 0.497 e. The molecule has 0 aliphatic heterocycles. The van der Waals surface area contributed by atoms with Crippen molar-refractivity contribution in [3.05, 3.63) is 119 Å². The summed E-state index contributed by atoms with van der Waals surface area (Å²) in [6.07, 6.45) is 3.28. The fraction of sp³-hybridized carbons (Fsp3) is 0.368. The van der Waals surface area contributed by atoms with Crippen molar-refractivity contribution in [1.29, 1.82) is 0 Å². The van der Waals surface area contributed by atoms with E-state index in [0.717, 1.165) is 59.8 Å². The summed E-state index contributed by atoms with van der Waals surface area (Å²) < 4.78 is 29.8. The maximum absolute atomic E-state index is 7.16. The average molecular weight is 583 g/mol. The minimum atomic E-state index is -0.0126. The highest BCUT2D eigenvalue weighted by Crippen LogP contribution is 2.37. The van der Waals surface area contributed by atoms with Gasteiger partial charge in [-0.3, -0.25) is 0 Å². The van der Waals surface area contributed by atoms with Crippen LogP contribution in [-0.2, 0) is 17.6 Å². The van der Waals surface area contributed by atoms with Gasteiger partial charge in [-0.2, -0.15) is 0 Å². The third kappa shape index (κ3) is 9.01. The predicted octanol–water partition coefficient (Wildman–Crippen LogP) is 8.65. The zero-order valence-corrected chi connectivity index (χ0v) is 26.4. The van der Waals surface area contributed by atoms with Crippen LogP contribution in [0, 0.1) is 0 Å². The molecule has 0 spiro atoms. The van der Waals surface area contributed by atoms with Crippen LogP contribution >= 0.6 is 0 Å². The molecule has 4 rings (SSSR count). The van der Waals surface area contributed by atoms with Crippen LogP contribution in [0.1, 0.15) is 60.8 Å². The molecular weight excluding hydrogens is 536 g/mol. The van der Waals surface area contributed by atoms with Crippen LogP contribution in [0.5, 0.6) is 23.0 Å². The summed E-state index contributed by atoms with van der Waals surface area (Å²) in [4.78, 5) is 0. The van der Waals surface area contributed by atoms with Gasteiger partial charge in [0.25, 0.3) is 0 Å². The molecule has 0 amide bonds. The molecule has 0 radical (unpaired) electrons.